The number of aliphatic hydroxyl groups excluding tert-OH is 1. The Labute approximate surface area is 98.0 Å². The summed E-state index contributed by atoms with van der Waals surface area (Å²) in [5, 5.41) is 12.0. The zero-order valence-electron chi connectivity index (χ0n) is 10.8. The normalized spacial score (nSPS) is 27.6. The van der Waals surface area contributed by atoms with Crippen LogP contribution in [0.25, 0.3) is 0 Å². The van der Waals surface area contributed by atoms with Crippen molar-refractivity contribution in [2.24, 2.45) is 0 Å². The molecule has 1 aliphatic rings. The van der Waals surface area contributed by atoms with Crippen molar-refractivity contribution in [3.63, 3.8) is 0 Å². The Hall–Kier alpha value is -0.610. The Kier molecular flexibility index (Phi) is 4.33. The lowest BCUT2D eigenvalue weighted by molar-refractivity contribution is -0.137. The van der Waals surface area contributed by atoms with E-state index in [4.69, 9.17) is 5.11 Å². The molecule has 1 amide bonds. The highest BCUT2D eigenvalue weighted by Gasteiger charge is 2.42. The Bertz CT molecular complexity index is 253. The second kappa shape index (κ2) is 5.15. The average molecular weight is 228 g/mol. The molecule has 1 fully saturated rings. The molecule has 2 unspecified atom stereocenters. The Balaban J connectivity index is 2.93. The number of rotatable bonds is 4. The van der Waals surface area contributed by atoms with Gasteiger partial charge in [-0.25, -0.2) is 0 Å². The van der Waals surface area contributed by atoms with Crippen LogP contribution in [0.1, 0.15) is 40.5 Å². The second-order valence-electron chi connectivity index (χ2n) is 5.22. The number of nitrogens with one attached hydrogen (secondary N) is 1. The van der Waals surface area contributed by atoms with Gasteiger partial charge in [-0.05, 0) is 33.6 Å². The zero-order valence-corrected chi connectivity index (χ0v) is 10.8. The number of nitrogens with zero attached hydrogens (tertiary/aromatic N) is 1. The highest BCUT2D eigenvalue weighted by atomic mass is 16.3. The molecule has 0 aromatic carbocycles. The molecule has 0 saturated carbocycles. The van der Waals surface area contributed by atoms with Gasteiger partial charge < -0.3 is 10.4 Å². The van der Waals surface area contributed by atoms with Gasteiger partial charge in [0.2, 0.25) is 5.91 Å². The molecule has 1 aliphatic heterocycles. The van der Waals surface area contributed by atoms with Crippen LogP contribution >= 0.6 is 0 Å². The van der Waals surface area contributed by atoms with Gasteiger partial charge in [0.15, 0.2) is 0 Å². The van der Waals surface area contributed by atoms with Crippen LogP contribution < -0.4 is 5.32 Å². The summed E-state index contributed by atoms with van der Waals surface area (Å²) in [7, 11) is 0. The molecule has 1 rings (SSSR count). The first kappa shape index (κ1) is 13.5. The standard InChI is InChI=1S/C12H24N2O2/c1-5-9(2)14-10(6-7-15)11(16)13-8-12(14,3)4/h9-10,15H,5-8H2,1-4H3,(H,13,16). The summed E-state index contributed by atoms with van der Waals surface area (Å²) in [5.74, 6) is 0.0497. The number of aliphatic hydroxyl groups is 1. The minimum absolute atomic E-state index is 0.0385. The van der Waals surface area contributed by atoms with Crippen molar-refractivity contribution < 1.29 is 9.90 Å². The fourth-order valence-corrected chi connectivity index (χ4v) is 2.55. The number of piperazine rings is 1. The molecule has 0 aromatic rings. The second-order valence-corrected chi connectivity index (χ2v) is 5.22. The van der Waals surface area contributed by atoms with E-state index < -0.39 is 0 Å². The molecular formula is C12H24N2O2. The summed E-state index contributed by atoms with van der Waals surface area (Å²) >= 11 is 0. The third kappa shape index (κ3) is 2.55. The van der Waals surface area contributed by atoms with Crippen LogP contribution in [0, 0.1) is 0 Å². The Morgan fingerprint density at radius 2 is 2.25 bits per heavy atom. The monoisotopic (exact) mass is 228 g/mol. The number of carbonyl (C=O) groups is 1. The van der Waals surface area contributed by atoms with Gasteiger partial charge in [0.05, 0.1) is 6.04 Å². The first-order valence-corrected chi connectivity index (χ1v) is 6.11. The highest BCUT2D eigenvalue weighted by molar-refractivity contribution is 5.82. The number of carbonyl (C=O) groups excluding carboxylic acids is 1. The molecule has 0 aliphatic carbocycles. The van der Waals surface area contributed by atoms with Crippen molar-refractivity contribution in [2.45, 2.75) is 58.2 Å². The van der Waals surface area contributed by atoms with E-state index in [2.05, 4.69) is 37.9 Å². The predicted molar refractivity (Wildman–Crippen MR) is 64.2 cm³/mol. The summed E-state index contributed by atoms with van der Waals surface area (Å²) in [6.07, 6.45) is 1.53. The molecule has 0 spiro atoms. The lowest BCUT2D eigenvalue weighted by atomic mass is 9.91. The smallest absolute Gasteiger partial charge is 0.237 e. The number of hydrogen-bond donors (Lipinski definition) is 2. The Morgan fingerprint density at radius 1 is 1.62 bits per heavy atom. The van der Waals surface area contributed by atoms with Crippen molar-refractivity contribution in [1.82, 2.24) is 10.2 Å². The minimum atomic E-state index is -0.191. The van der Waals surface area contributed by atoms with Gasteiger partial charge in [-0.2, -0.15) is 0 Å². The molecule has 0 radical (unpaired) electrons. The van der Waals surface area contributed by atoms with Crippen molar-refractivity contribution in [2.75, 3.05) is 13.2 Å². The summed E-state index contributed by atoms with van der Waals surface area (Å²) in [6.45, 7) is 9.29. The van der Waals surface area contributed by atoms with E-state index in [0.29, 0.717) is 19.0 Å². The van der Waals surface area contributed by atoms with Crippen molar-refractivity contribution in [3.8, 4) is 0 Å². The van der Waals surface area contributed by atoms with Gasteiger partial charge in [-0.15, -0.1) is 0 Å². The molecule has 16 heavy (non-hydrogen) atoms. The molecule has 1 heterocycles. The van der Waals surface area contributed by atoms with E-state index in [1.54, 1.807) is 0 Å². The summed E-state index contributed by atoms with van der Waals surface area (Å²) in [4.78, 5) is 14.1. The quantitative estimate of drug-likeness (QED) is 0.746. The molecule has 2 N–H and O–H groups in total. The van der Waals surface area contributed by atoms with Gasteiger partial charge in [0, 0.05) is 24.7 Å². The van der Waals surface area contributed by atoms with Crippen LogP contribution in [0.4, 0.5) is 0 Å². The van der Waals surface area contributed by atoms with Crippen LogP contribution in [-0.2, 0) is 4.79 Å². The van der Waals surface area contributed by atoms with E-state index in [-0.39, 0.29) is 24.1 Å². The lowest BCUT2D eigenvalue weighted by Gasteiger charge is -2.50. The van der Waals surface area contributed by atoms with Crippen LogP contribution in [0.5, 0.6) is 0 Å². The highest BCUT2D eigenvalue weighted by Crippen LogP contribution is 2.27. The summed E-state index contributed by atoms with van der Waals surface area (Å²) < 4.78 is 0. The maximum absolute atomic E-state index is 11.8. The van der Waals surface area contributed by atoms with Gasteiger partial charge in [0.25, 0.3) is 0 Å². The van der Waals surface area contributed by atoms with Crippen molar-refractivity contribution >= 4 is 5.91 Å². The van der Waals surface area contributed by atoms with Crippen LogP contribution in [0.3, 0.4) is 0 Å². The molecule has 94 valence electrons. The van der Waals surface area contributed by atoms with E-state index >= 15 is 0 Å². The van der Waals surface area contributed by atoms with Crippen molar-refractivity contribution in [3.05, 3.63) is 0 Å². The van der Waals surface area contributed by atoms with Gasteiger partial charge in [-0.3, -0.25) is 9.69 Å². The third-order valence-electron chi connectivity index (χ3n) is 3.50. The number of hydrogen-bond acceptors (Lipinski definition) is 3. The van der Waals surface area contributed by atoms with E-state index in [9.17, 15) is 4.79 Å². The Morgan fingerprint density at radius 3 is 2.75 bits per heavy atom. The lowest BCUT2D eigenvalue weighted by Crippen LogP contribution is -2.67. The first-order chi connectivity index (χ1) is 7.44. The van der Waals surface area contributed by atoms with Crippen LogP contribution in [0.15, 0.2) is 0 Å². The molecule has 0 aromatic heterocycles. The third-order valence-corrected chi connectivity index (χ3v) is 3.50. The SMILES string of the molecule is CCC(C)N1C(CCO)C(=O)NCC1(C)C. The average Bonchev–Trinajstić information content (AvgIpc) is 2.23. The maximum Gasteiger partial charge on any atom is 0.237 e. The molecular weight excluding hydrogens is 204 g/mol. The zero-order chi connectivity index (χ0) is 12.3. The molecule has 0 bridgehead atoms. The first-order valence-electron chi connectivity index (χ1n) is 6.11. The molecule has 1 saturated heterocycles. The van der Waals surface area contributed by atoms with Crippen LogP contribution in [-0.4, -0.2) is 46.7 Å². The topological polar surface area (TPSA) is 52.6 Å². The number of amides is 1. The van der Waals surface area contributed by atoms with E-state index in [1.807, 2.05) is 0 Å². The minimum Gasteiger partial charge on any atom is -0.396 e. The fourth-order valence-electron chi connectivity index (χ4n) is 2.55. The predicted octanol–water partition coefficient (Wildman–Crippen LogP) is 0.746. The maximum atomic E-state index is 11.8. The van der Waals surface area contributed by atoms with E-state index in [1.165, 1.54) is 0 Å². The van der Waals surface area contributed by atoms with Crippen molar-refractivity contribution in [1.29, 1.82) is 0 Å². The van der Waals surface area contributed by atoms with E-state index in [0.717, 1.165) is 6.42 Å². The van der Waals surface area contributed by atoms with Crippen LogP contribution in [0.2, 0.25) is 0 Å². The van der Waals surface area contributed by atoms with Gasteiger partial charge >= 0.3 is 0 Å². The molecule has 4 heteroatoms. The fraction of sp³-hybridized carbons (Fsp3) is 0.917. The summed E-state index contributed by atoms with van der Waals surface area (Å²) in [6, 6.07) is 0.168. The summed E-state index contributed by atoms with van der Waals surface area (Å²) in [5.41, 5.74) is -0.0385. The van der Waals surface area contributed by atoms with Gasteiger partial charge in [0.1, 0.15) is 0 Å². The molecule has 4 nitrogen and oxygen atoms in total. The largest absolute Gasteiger partial charge is 0.396 e. The van der Waals surface area contributed by atoms with Gasteiger partial charge in [-0.1, -0.05) is 6.92 Å². The molecule has 2 atom stereocenters.